The molecule has 0 radical (unpaired) electrons. The first-order chi connectivity index (χ1) is 15.7. The average Bonchev–Trinajstić information content (AvgIpc) is 3.20. The van der Waals surface area contributed by atoms with Crippen molar-refractivity contribution < 1.29 is 22.8 Å². The van der Waals surface area contributed by atoms with Crippen molar-refractivity contribution in [1.82, 2.24) is 4.90 Å². The van der Waals surface area contributed by atoms with E-state index in [1.165, 1.54) is 6.07 Å². The van der Waals surface area contributed by atoms with Gasteiger partial charge in [0.25, 0.3) is 0 Å². The van der Waals surface area contributed by atoms with E-state index < -0.39 is 11.7 Å². The van der Waals surface area contributed by atoms with Gasteiger partial charge in [0.1, 0.15) is 0 Å². The minimum absolute atomic E-state index is 0.0222. The van der Waals surface area contributed by atoms with Gasteiger partial charge in [-0.15, -0.1) is 0 Å². The van der Waals surface area contributed by atoms with E-state index in [4.69, 9.17) is 4.84 Å². The van der Waals surface area contributed by atoms with Crippen LogP contribution in [-0.4, -0.2) is 43.3 Å². The number of benzene rings is 2. The number of amides is 1. The molecule has 0 aromatic heterocycles. The van der Waals surface area contributed by atoms with Crippen LogP contribution in [0.3, 0.4) is 0 Å². The van der Waals surface area contributed by atoms with Crippen LogP contribution in [0.2, 0.25) is 0 Å². The van der Waals surface area contributed by atoms with Gasteiger partial charge in [0.05, 0.1) is 17.8 Å². The van der Waals surface area contributed by atoms with Crippen molar-refractivity contribution in [2.75, 3.05) is 25.5 Å². The fourth-order valence-electron chi connectivity index (χ4n) is 4.11. The molecule has 0 bridgehead atoms. The monoisotopic (exact) mass is 459 g/mol. The van der Waals surface area contributed by atoms with Crippen molar-refractivity contribution in [1.29, 1.82) is 0 Å². The van der Waals surface area contributed by atoms with Gasteiger partial charge in [0.2, 0.25) is 5.91 Å². The van der Waals surface area contributed by atoms with E-state index in [2.05, 4.69) is 5.16 Å². The van der Waals surface area contributed by atoms with Crippen LogP contribution in [0.25, 0.3) is 0 Å². The lowest BCUT2D eigenvalue weighted by atomic mass is 9.84. The highest BCUT2D eigenvalue weighted by Gasteiger charge is 2.34. The van der Waals surface area contributed by atoms with E-state index in [1.807, 2.05) is 43.3 Å². The lowest BCUT2D eigenvalue weighted by Gasteiger charge is -2.32. The highest BCUT2D eigenvalue weighted by molar-refractivity contribution is 6.01. The van der Waals surface area contributed by atoms with E-state index in [1.54, 1.807) is 11.0 Å². The Kier molecular flexibility index (Phi) is 6.63. The van der Waals surface area contributed by atoms with E-state index in [9.17, 15) is 18.0 Å². The number of hydrogen-bond acceptors (Lipinski definition) is 4. The molecule has 4 rings (SSSR count). The van der Waals surface area contributed by atoms with Crippen molar-refractivity contribution in [3.05, 3.63) is 65.2 Å². The molecule has 176 valence electrons. The van der Waals surface area contributed by atoms with E-state index >= 15 is 0 Å². The predicted octanol–water partition coefficient (Wildman–Crippen LogP) is 5.09. The number of rotatable bonds is 7. The largest absolute Gasteiger partial charge is 0.416 e. The third kappa shape index (κ3) is 5.49. The van der Waals surface area contributed by atoms with Gasteiger partial charge < -0.3 is 14.6 Å². The molecule has 0 N–H and O–H groups in total. The Morgan fingerprint density at radius 3 is 2.45 bits per heavy atom. The van der Waals surface area contributed by atoms with E-state index in [-0.39, 0.29) is 31.0 Å². The molecular weight excluding hydrogens is 431 g/mol. The highest BCUT2D eigenvalue weighted by atomic mass is 19.4. The Bertz CT molecular complexity index is 1010. The van der Waals surface area contributed by atoms with Crippen LogP contribution >= 0.6 is 0 Å². The Hall–Kier alpha value is -3.03. The Morgan fingerprint density at radius 2 is 1.85 bits per heavy atom. The van der Waals surface area contributed by atoms with Crippen LogP contribution in [0.5, 0.6) is 0 Å². The molecule has 1 atom stereocenters. The van der Waals surface area contributed by atoms with Gasteiger partial charge in [0, 0.05) is 38.7 Å². The number of carbonyl (C=O) groups excluding carboxylic acids is 1. The number of halogens is 3. The van der Waals surface area contributed by atoms with Crippen molar-refractivity contribution in [3.63, 3.8) is 0 Å². The molecule has 33 heavy (non-hydrogen) atoms. The van der Waals surface area contributed by atoms with Crippen LogP contribution in [0.4, 0.5) is 18.9 Å². The first kappa shape index (κ1) is 23.1. The fraction of sp³-hybridized carbons (Fsp3) is 0.440. The van der Waals surface area contributed by atoms with Crippen molar-refractivity contribution in [2.24, 2.45) is 11.1 Å². The second kappa shape index (κ2) is 9.45. The summed E-state index contributed by atoms with van der Waals surface area (Å²) >= 11 is 0. The molecule has 8 heteroatoms. The number of oxime groups is 1. The van der Waals surface area contributed by atoms with Crippen molar-refractivity contribution >= 4 is 17.3 Å². The summed E-state index contributed by atoms with van der Waals surface area (Å²) in [6.45, 7) is 0.403. The second-order valence-electron chi connectivity index (χ2n) is 8.96. The smallest absolute Gasteiger partial charge is 0.390 e. The molecular formula is C25H28F3N3O2. The highest BCUT2D eigenvalue weighted by Crippen LogP contribution is 2.32. The Labute approximate surface area is 191 Å². The number of anilines is 1. The molecule has 5 nitrogen and oxygen atoms in total. The van der Waals surface area contributed by atoms with E-state index in [0.29, 0.717) is 12.0 Å². The number of hydrogen-bond donors (Lipinski definition) is 0. The number of alkyl halides is 3. The van der Waals surface area contributed by atoms with Crippen LogP contribution in [-0.2, 0) is 22.4 Å². The third-order valence-corrected chi connectivity index (χ3v) is 6.27. The van der Waals surface area contributed by atoms with Crippen LogP contribution in [0.15, 0.2) is 53.7 Å². The Morgan fingerprint density at radius 1 is 1.12 bits per heavy atom. The molecule has 1 saturated carbocycles. The van der Waals surface area contributed by atoms with Gasteiger partial charge in [0.15, 0.2) is 6.10 Å². The second-order valence-corrected chi connectivity index (χ2v) is 8.96. The van der Waals surface area contributed by atoms with Gasteiger partial charge in [-0.05, 0) is 48.2 Å². The molecule has 1 aliphatic heterocycles. The summed E-state index contributed by atoms with van der Waals surface area (Å²) in [6, 6.07) is 13.2. The molecule has 1 heterocycles. The Balaban J connectivity index is 1.45. The predicted molar refractivity (Wildman–Crippen MR) is 121 cm³/mol. The van der Waals surface area contributed by atoms with Gasteiger partial charge in [-0.3, -0.25) is 4.79 Å². The van der Waals surface area contributed by atoms with Gasteiger partial charge in [-0.2, -0.15) is 13.2 Å². The minimum Gasteiger partial charge on any atom is -0.390 e. The maximum absolute atomic E-state index is 13.1. The molecule has 2 aromatic carbocycles. The maximum atomic E-state index is 13.1. The lowest BCUT2D eigenvalue weighted by molar-refractivity contribution is -0.140. The van der Waals surface area contributed by atoms with Crippen molar-refractivity contribution in [2.45, 2.75) is 44.5 Å². The first-order valence-corrected chi connectivity index (χ1v) is 11.2. The average molecular weight is 460 g/mol. The van der Waals surface area contributed by atoms with Crippen LogP contribution in [0, 0.1) is 5.92 Å². The zero-order chi connectivity index (χ0) is 23.6. The minimum atomic E-state index is -4.42. The van der Waals surface area contributed by atoms with Gasteiger partial charge in [-0.25, -0.2) is 0 Å². The summed E-state index contributed by atoms with van der Waals surface area (Å²) in [5.74, 6) is -0.0813. The summed E-state index contributed by atoms with van der Waals surface area (Å²) in [7, 11) is 3.94. The van der Waals surface area contributed by atoms with E-state index in [0.717, 1.165) is 48.4 Å². The maximum Gasteiger partial charge on any atom is 0.416 e. The first-order valence-electron chi connectivity index (χ1n) is 11.2. The van der Waals surface area contributed by atoms with Crippen LogP contribution < -0.4 is 4.90 Å². The molecule has 2 aromatic rings. The third-order valence-electron chi connectivity index (χ3n) is 6.27. The fourth-order valence-corrected chi connectivity index (χ4v) is 4.11. The molecule has 1 amide bonds. The number of carbonyl (C=O) groups is 1. The molecule has 1 aliphatic carbocycles. The summed E-state index contributed by atoms with van der Waals surface area (Å²) in [5.41, 5.74) is 2.59. The quantitative estimate of drug-likeness (QED) is 0.579. The summed E-state index contributed by atoms with van der Waals surface area (Å²) in [5, 5.41) is 4.22. The van der Waals surface area contributed by atoms with Crippen molar-refractivity contribution in [3.8, 4) is 0 Å². The van der Waals surface area contributed by atoms with Crippen LogP contribution in [0.1, 0.15) is 42.4 Å². The SMILES string of the molecule is CN(C)c1ccc(C2=NOC(CN(Cc3cccc(C(F)(F)F)c3)C(=O)C3CCC3)C2)cc1. The molecule has 0 spiro atoms. The zero-order valence-corrected chi connectivity index (χ0v) is 18.8. The molecule has 1 fully saturated rings. The molecule has 1 unspecified atom stereocenters. The summed E-state index contributed by atoms with van der Waals surface area (Å²) < 4.78 is 39.4. The topological polar surface area (TPSA) is 45.1 Å². The number of nitrogens with zero attached hydrogens (tertiary/aromatic N) is 3. The summed E-state index contributed by atoms with van der Waals surface area (Å²) in [4.78, 5) is 22.3. The zero-order valence-electron chi connectivity index (χ0n) is 18.8. The molecule has 2 aliphatic rings. The lowest BCUT2D eigenvalue weighted by Crippen LogP contribution is -2.42. The summed E-state index contributed by atoms with van der Waals surface area (Å²) in [6.07, 6.45) is -1.56. The van der Waals surface area contributed by atoms with Gasteiger partial charge >= 0.3 is 6.18 Å². The standard InChI is InChI=1S/C25H28F3N3O2/c1-30(2)21-11-9-18(10-12-21)23-14-22(33-29-23)16-31(24(32)19-6-4-7-19)15-17-5-3-8-20(13-17)25(26,27)28/h3,5,8-13,19,22H,4,6-7,14-16H2,1-2H3. The molecule has 0 saturated heterocycles. The van der Waals surface area contributed by atoms with Gasteiger partial charge in [-0.1, -0.05) is 35.8 Å². The normalized spacial score (nSPS) is 18.3.